The summed E-state index contributed by atoms with van der Waals surface area (Å²) in [6, 6.07) is 16.7. The SMILES string of the molecule is CC(=NNC(=O)CCn1c2c(c3ccccc31)CCCC2)c1ccc(C)cc1. The lowest BCUT2D eigenvalue weighted by molar-refractivity contribution is -0.121. The van der Waals surface area contributed by atoms with Crippen LogP contribution in [0.5, 0.6) is 0 Å². The van der Waals surface area contributed by atoms with Crippen molar-refractivity contribution in [2.75, 3.05) is 0 Å². The number of aryl methyl sites for hydroxylation is 3. The molecule has 4 heteroatoms. The minimum atomic E-state index is -0.0474. The van der Waals surface area contributed by atoms with E-state index in [9.17, 15) is 4.79 Å². The van der Waals surface area contributed by atoms with Crippen molar-refractivity contribution >= 4 is 22.5 Å². The molecule has 0 spiro atoms. The fourth-order valence-corrected chi connectivity index (χ4v) is 4.12. The number of para-hydroxylation sites is 1. The number of carbonyl (C=O) groups is 1. The summed E-state index contributed by atoms with van der Waals surface area (Å²) in [4.78, 5) is 12.4. The average Bonchev–Trinajstić information content (AvgIpc) is 3.05. The van der Waals surface area contributed by atoms with E-state index >= 15 is 0 Å². The van der Waals surface area contributed by atoms with E-state index in [-0.39, 0.29) is 5.91 Å². The number of benzene rings is 2. The Balaban J connectivity index is 1.45. The molecule has 3 aromatic rings. The van der Waals surface area contributed by atoms with E-state index in [0.29, 0.717) is 13.0 Å². The molecular weight excluding hydrogens is 346 g/mol. The van der Waals surface area contributed by atoms with Gasteiger partial charge in [0.1, 0.15) is 0 Å². The molecule has 0 aliphatic heterocycles. The van der Waals surface area contributed by atoms with Crippen LogP contribution in [0.3, 0.4) is 0 Å². The average molecular weight is 374 g/mol. The zero-order valence-electron chi connectivity index (χ0n) is 16.7. The van der Waals surface area contributed by atoms with Crippen LogP contribution in [0.2, 0.25) is 0 Å². The van der Waals surface area contributed by atoms with E-state index in [1.54, 1.807) is 0 Å². The van der Waals surface area contributed by atoms with Gasteiger partial charge in [0.05, 0.1) is 5.71 Å². The van der Waals surface area contributed by atoms with E-state index in [1.165, 1.54) is 40.6 Å². The van der Waals surface area contributed by atoms with E-state index in [1.807, 2.05) is 19.1 Å². The van der Waals surface area contributed by atoms with Gasteiger partial charge in [-0.15, -0.1) is 0 Å². The van der Waals surface area contributed by atoms with Gasteiger partial charge in [0.2, 0.25) is 5.91 Å². The molecule has 0 radical (unpaired) electrons. The summed E-state index contributed by atoms with van der Waals surface area (Å²) in [6.07, 6.45) is 5.17. The molecule has 0 bridgehead atoms. The first-order valence-corrected chi connectivity index (χ1v) is 10.1. The fourth-order valence-electron chi connectivity index (χ4n) is 4.12. The maximum atomic E-state index is 12.4. The second-order valence-corrected chi connectivity index (χ2v) is 7.65. The molecule has 1 aromatic heterocycles. The Kier molecular flexibility index (Phi) is 5.29. The predicted octanol–water partition coefficient (Wildman–Crippen LogP) is 4.76. The Bertz CT molecular complexity index is 1030. The van der Waals surface area contributed by atoms with Crippen LogP contribution in [-0.4, -0.2) is 16.2 Å². The molecule has 0 fully saturated rings. The van der Waals surface area contributed by atoms with Gasteiger partial charge in [-0.2, -0.15) is 5.10 Å². The Hall–Kier alpha value is -2.88. The maximum Gasteiger partial charge on any atom is 0.241 e. The highest BCUT2D eigenvalue weighted by molar-refractivity contribution is 5.99. The van der Waals surface area contributed by atoms with Crippen molar-refractivity contribution in [2.24, 2.45) is 5.10 Å². The van der Waals surface area contributed by atoms with Gasteiger partial charge in [0.15, 0.2) is 0 Å². The Morgan fingerprint density at radius 3 is 2.64 bits per heavy atom. The monoisotopic (exact) mass is 373 g/mol. The molecule has 4 rings (SSSR count). The van der Waals surface area contributed by atoms with Gasteiger partial charge in [-0.1, -0.05) is 48.0 Å². The van der Waals surface area contributed by atoms with Crippen molar-refractivity contribution in [3.05, 3.63) is 70.9 Å². The largest absolute Gasteiger partial charge is 0.344 e. The van der Waals surface area contributed by atoms with Gasteiger partial charge in [-0.05, 0) is 56.7 Å². The number of nitrogens with one attached hydrogen (secondary N) is 1. The maximum absolute atomic E-state index is 12.4. The molecule has 1 amide bonds. The molecule has 1 aliphatic carbocycles. The van der Waals surface area contributed by atoms with Gasteiger partial charge in [-0.25, -0.2) is 5.43 Å². The second-order valence-electron chi connectivity index (χ2n) is 7.65. The molecule has 1 heterocycles. The summed E-state index contributed by atoms with van der Waals surface area (Å²) in [5.41, 5.74) is 9.92. The highest BCUT2D eigenvalue weighted by Gasteiger charge is 2.19. The summed E-state index contributed by atoms with van der Waals surface area (Å²) in [7, 11) is 0. The number of hydrazone groups is 1. The molecule has 28 heavy (non-hydrogen) atoms. The predicted molar refractivity (Wildman–Crippen MR) is 115 cm³/mol. The number of nitrogens with zero attached hydrogens (tertiary/aromatic N) is 2. The van der Waals surface area contributed by atoms with Crippen LogP contribution >= 0.6 is 0 Å². The van der Waals surface area contributed by atoms with Crippen LogP contribution in [0, 0.1) is 6.92 Å². The quantitative estimate of drug-likeness (QED) is 0.509. The van der Waals surface area contributed by atoms with Crippen molar-refractivity contribution in [1.29, 1.82) is 0 Å². The lowest BCUT2D eigenvalue weighted by Crippen LogP contribution is -2.21. The van der Waals surface area contributed by atoms with Crippen LogP contribution in [0.25, 0.3) is 10.9 Å². The molecule has 0 saturated carbocycles. The van der Waals surface area contributed by atoms with Gasteiger partial charge in [-0.3, -0.25) is 4.79 Å². The number of hydrogen-bond donors (Lipinski definition) is 1. The molecule has 144 valence electrons. The number of fused-ring (bicyclic) bond motifs is 3. The van der Waals surface area contributed by atoms with Gasteiger partial charge >= 0.3 is 0 Å². The summed E-state index contributed by atoms with van der Waals surface area (Å²) in [6.45, 7) is 4.67. The number of rotatable bonds is 5. The third-order valence-corrected chi connectivity index (χ3v) is 5.66. The van der Waals surface area contributed by atoms with Crippen molar-refractivity contribution in [1.82, 2.24) is 9.99 Å². The van der Waals surface area contributed by atoms with Crippen molar-refractivity contribution in [2.45, 2.75) is 52.5 Å². The van der Waals surface area contributed by atoms with Crippen molar-refractivity contribution in [3.8, 4) is 0 Å². The smallest absolute Gasteiger partial charge is 0.241 e. The lowest BCUT2D eigenvalue weighted by atomic mass is 9.95. The van der Waals surface area contributed by atoms with Crippen LogP contribution < -0.4 is 5.43 Å². The number of hydrogen-bond acceptors (Lipinski definition) is 2. The van der Waals surface area contributed by atoms with E-state index in [2.05, 4.69) is 58.4 Å². The van der Waals surface area contributed by atoms with E-state index in [4.69, 9.17) is 0 Å². The lowest BCUT2D eigenvalue weighted by Gasteiger charge is -2.15. The van der Waals surface area contributed by atoms with Crippen LogP contribution in [0.1, 0.15) is 48.6 Å². The van der Waals surface area contributed by atoms with Crippen molar-refractivity contribution < 1.29 is 4.79 Å². The molecular formula is C24H27N3O. The third kappa shape index (κ3) is 3.72. The number of carbonyl (C=O) groups excluding carboxylic acids is 1. The van der Waals surface area contributed by atoms with Gasteiger partial charge in [0, 0.05) is 29.6 Å². The first-order chi connectivity index (χ1) is 13.6. The summed E-state index contributed by atoms with van der Waals surface area (Å²) in [5.74, 6) is -0.0474. The summed E-state index contributed by atoms with van der Waals surface area (Å²) in [5, 5.41) is 5.63. The molecule has 0 unspecified atom stereocenters. The van der Waals surface area contributed by atoms with E-state index < -0.39 is 0 Å². The minimum Gasteiger partial charge on any atom is -0.344 e. The standard InChI is InChI=1S/C24H27N3O/c1-17-11-13-19(14-12-17)18(2)25-26-24(28)15-16-27-22-9-5-3-7-20(22)21-8-4-6-10-23(21)27/h3,5,7,9,11-14H,4,6,8,10,15-16H2,1-2H3,(H,26,28). The zero-order valence-corrected chi connectivity index (χ0v) is 16.7. The molecule has 1 N–H and O–H groups in total. The van der Waals surface area contributed by atoms with Gasteiger partial charge in [0.25, 0.3) is 0 Å². The highest BCUT2D eigenvalue weighted by atomic mass is 16.2. The number of aromatic nitrogens is 1. The first-order valence-electron chi connectivity index (χ1n) is 10.1. The Morgan fingerprint density at radius 2 is 1.82 bits per heavy atom. The normalized spacial score (nSPS) is 14.1. The molecule has 0 saturated heterocycles. The number of amides is 1. The molecule has 1 aliphatic rings. The Morgan fingerprint density at radius 1 is 1.07 bits per heavy atom. The zero-order chi connectivity index (χ0) is 19.5. The third-order valence-electron chi connectivity index (χ3n) is 5.66. The fraction of sp³-hybridized carbons (Fsp3) is 0.333. The van der Waals surface area contributed by atoms with Crippen LogP contribution in [0.15, 0.2) is 53.6 Å². The van der Waals surface area contributed by atoms with Crippen LogP contribution in [0.4, 0.5) is 0 Å². The summed E-state index contributed by atoms with van der Waals surface area (Å²) < 4.78 is 2.35. The topological polar surface area (TPSA) is 46.4 Å². The molecule has 4 nitrogen and oxygen atoms in total. The van der Waals surface area contributed by atoms with Crippen molar-refractivity contribution in [3.63, 3.8) is 0 Å². The highest BCUT2D eigenvalue weighted by Crippen LogP contribution is 2.32. The van der Waals surface area contributed by atoms with Gasteiger partial charge < -0.3 is 4.57 Å². The van der Waals surface area contributed by atoms with Crippen LogP contribution in [-0.2, 0) is 24.2 Å². The Labute approximate surface area is 166 Å². The first kappa shape index (κ1) is 18.5. The second kappa shape index (κ2) is 8.01. The molecule has 0 atom stereocenters. The minimum absolute atomic E-state index is 0.0474. The molecule has 2 aromatic carbocycles. The van der Waals surface area contributed by atoms with E-state index in [0.717, 1.165) is 24.1 Å². The summed E-state index contributed by atoms with van der Waals surface area (Å²) >= 11 is 0.